The molecule has 27 heavy (non-hydrogen) atoms. The predicted octanol–water partition coefficient (Wildman–Crippen LogP) is 1.60. The van der Waals surface area contributed by atoms with E-state index in [4.69, 9.17) is 0 Å². The highest BCUT2D eigenvalue weighted by molar-refractivity contribution is 5.94. The van der Waals surface area contributed by atoms with E-state index < -0.39 is 4.92 Å². The van der Waals surface area contributed by atoms with Gasteiger partial charge in [0.25, 0.3) is 5.91 Å². The molecule has 0 atom stereocenters. The van der Waals surface area contributed by atoms with Gasteiger partial charge in [-0.15, -0.1) is 0 Å². The zero-order chi connectivity index (χ0) is 18.8. The van der Waals surface area contributed by atoms with E-state index in [2.05, 4.69) is 20.2 Å². The lowest BCUT2D eigenvalue weighted by Crippen LogP contribution is -2.47. The van der Waals surface area contributed by atoms with Gasteiger partial charge >= 0.3 is 5.69 Å². The van der Waals surface area contributed by atoms with Crippen molar-refractivity contribution in [3.63, 3.8) is 0 Å². The zero-order valence-electron chi connectivity index (χ0n) is 14.7. The third-order valence-electron chi connectivity index (χ3n) is 4.79. The maximum Gasteiger partial charge on any atom is 0.311 e. The summed E-state index contributed by atoms with van der Waals surface area (Å²) in [7, 11) is 0. The molecule has 140 valence electrons. The number of hydrogen-bond acceptors (Lipinski definition) is 7. The largest absolute Gasteiger partial charge is 0.353 e. The Balaban J connectivity index is 1.39. The maximum atomic E-state index is 12.0. The van der Waals surface area contributed by atoms with Crippen LogP contribution in [0.15, 0.2) is 36.7 Å². The molecule has 3 heterocycles. The molecule has 2 aliphatic rings. The van der Waals surface area contributed by atoms with Crippen LogP contribution >= 0.6 is 0 Å². The minimum atomic E-state index is -0.401. The van der Waals surface area contributed by atoms with Gasteiger partial charge in [-0.25, -0.2) is 9.97 Å². The second-order valence-electron chi connectivity index (χ2n) is 6.73. The highest BCUT2D eigenvalue weighted by Crippen LogP contribution is 2.26. The highest BCUT2D eigenvalue weighted by atomic mass is 16.6. The molecule has 1 saturated carbocycles. The fourth-order valence-electron chi connectivity index (χ4n) is 3.13. The summed E-state index contributed by atoms with van der Waals surface area (Å²) >= 11 is 0. The lowest BCUT2D eigenvalue weighted by Gasteiger charge is -2.35. The van der Waals surface area contributed by atoms with Gasteiger partial charge in [-0.3, -0.25) is 14.9 Å². The monoisotopic (exact) mass is 368 g/mol. The molecular weight excluding hydrogens is 348 g/mol. The van der Waals surface area contributed by atoms with Gasteiger partial charge in [0.15, 0.2) is 0 Å². The number of nitro groups is 1. The van der Waals surface area contributed by atoms with Crippen molar-refractivity contribution in [3.8, 4) is 0 Å². The van der Waals surface area contributed by atoms with E-state index in [1.807, 2.05) is 11.0 Å². The summed E-state index contributed by atoms with van der Waals surface area (Å²) in [6.45, 7) is 2.58. The fourth-order valence-corrected chi connectivity index (χ4v) is 3.13. The van der Waals surface area contributed by atoms with Gasteiger partial charge in [-0.1, -0.05) is 0 Å². The van der Waals surface area contributed by atoms with Gasteiger partial charge < -0.3 is 15.1 Å². The van der Waals surface area contributed by atoms with Crippen molar-refractivity contribution < 1.29 is 9.72 Å². The van der Waals surface area contributed by atoms with Crippen LogP contribution in [0.3, 0.4) is 0 Å². The second kappa shape index (κ2) is 7.18. The fraction of sp³-hybridized carbons (Fsp3) is 0.389. The molecule has 2 aromatic rings. The Labute approximate surface area is 156 Å². The number of carbonyl (C=O) groups excluding carboxylic acids is 1. The minimum Gasteiger partial charge on any atom is -0.353 e. The molecule has 9 heteroatoms. The molecule has 9 nitrogen and oxygen atoms in total. The average molecular weight is 368 g/mol. The first-order valence-corrected chi connectivity index (χ1v) is 8.98. The number of nitrogens with zero attached hydrogens (tertiary/aromatic N) is 5. The van der Waals surface area contributed by atoms with Crippen LogP contribution in [0.5, 0.6) is 0 Å². The Bertz CT molecular complexity index is 844. The number of amides is 1. The first-order valence-electron chi connectivity index (χ1n) is 8.98. The summed E-state index contributed by atoms with van der Waals surface area (Å²) in [6.07, 6.45) is 5.27. The topological polar surface area (TPSA) is 105 Å². The van der Waals surface area contributed by atoms with Crippen LogP contribution in [0.1, 0.15) is 23.2 Å². The van der Waals surface area contributed by atoms with Crippen molar-refractivity contribution in [3.05, 3.63) is 52.3 Å². The van der Waals surface area contributed by atoms with Crippen LogP contribution < -0.4 is 15.1 Å². The molecule has 0 bridgehead atoms. The number of carbonyl (C=O) groups is 1. The number of anilines is 2. The summed E-state index contributed by atoms with van der Waals surface area (Å²) in [5.74, 6) is 1.12. The number of rotatable bonds is 5. The number of pyridine rings is 2. The molecule has 1 amide bonds. The van der Waals surface area contributed by atoms with E-state index in [1.165, 1.54) is 6.07 Å². The smallest absolute Gasteiger partial charge is 0.311 e. The number of aromatic nitrogens is 2. The lowest BCUT2D eigenvalue weighted by atomic mass is 10.2. The molecule has 0 aromatic carbocycles. The maximum absolute atomic E-state index is 12.0. The standard InChI is InChI=1S/C18H20N6O3/c25-18(21-14-4-5-14)13-3-6-16(20-12-13)22-8-10-23(11-9-22)17-15(24(26)27)2-1-7-19-17/h1-3,6-7,12,14H,4-5,8-11H2,(H,21,25). The van der Waals surface area contributed by atoms with Crippen LogP contribution in [-0.2, 0) is 0 Å². The highest BCUT2D eigenvalue weighted by Gasteiger charge is 2.26. The molecular formula is C18H20N6O3. The minimum absolute atomic E-state index is 0.0232. The summed E-state index contributed by atoms with van der Waals surface area (Å²) in [5, 5.41) is 14.1. The van der Waals surface area contributed by atoms with Crippen molar-refractivity contribution in [2.24, 2.45) is 0 Å². The van der Waals surface area contributed by atoms with Crippen molar-refractivity contribution in [1.29, 1.82) is 0 Å². The van der Waals surface area contributed by atoms with Gasteiger partial charge in [0.1, 0.15) is 5.82 Å². The summed E-state index contributed by atoms with van der Waals surface area (Å²) < 4.78 is 0. The average Bonchev–Trinajstić information content (AvgIpc) is 3.52. The Morgan fingerprint density at radius 3 is 2.48 bits per heavy atom. The van der Waals surface area contributed by atoms with Crippen molar-refractivity contribution in [2.45, 2.75) is 18.9 Å². The normalized spacial score (nSPS) is 16.9. The van der Waals surface area contributed by atoms with E-state index >= 15 is 0 Å². The molecule has 0 radical (unpaired) electrons. The molecule has 2 fully saturated rings. The lowest BCUT2D eigenvalue weighted by molar-refractivity contribution is -0.384. The second-order valence-corrected chi connectivity index (χ2v) is 6.73. The van der Waals surface area contributed by atoms with E-state index in [0.29, 0.717) is 43.6 Å². The van der Waals surface area contributed by atoms with E-state index in [9.17, 15) is 14.9 Å². The van der Waals surface area contributed by atoms with Gasteiger partial charge in [-0.2, -0.15) is 0 Å². The van der Waals surface area contributed by atoms with Crippen LogP contribution in [0.25, 0.3) is 0 Å². The van der Waals surface area contributed by atoms with Gasteiger partial charge in [0.2, 0.25) is 5.82 Å². The van der Waals surface area contributed by atoms with E-state index in [0.717, 1.165) is 18.7 Å². The van der Waals surface area contributed by atoms with E-state index in [1.54, 1.807) is 24.5 Å². The molecule has 0 spiro atoms. The van der Waals surface area contributed by atoms with E-state index in [-0.39, 0.29) is 11.6 Å². The van der Waals surface area contributed by atoms with Gasteiger partial charge in [0, 0.05) is 50.7 Å². The van der Waals surface area contributed by atoms with Crippen LogP contribution in [0.2, 0.25) is 0 Å². The SMILES string of the molecule is O=C(NC1CC1)c1ccc(N2CCN(c3ncccc3[N+](=O)[O-])CC2)nc1. The molecule has 4 rings (SSSR count). The predicted molar refractivity (Wildman–Crippen MR) is 100 cm³/mol. The van der Waals surface area contributed by atoms with Gasteiger partial charge in [-0.05, 0) is 31.0 Å². The third kappa shape index (κ3) is 3.81. The number of hydrogen-bond donors (Lipinski definition) is 1. The van der Waals surface area contributed by atoms with Crippen molar-refractivity contribution in [2.75, 3.05) is 36.0 Å². The van der Waals surface area contributed by atoms with Crippen LogP contribution in [0, 0.1) is 10.1 Å². The Morgan fingerprint density at radius 2 is 1.85 bits per heavy atom. The molecule has 2 aromatic heterocycles. The first-order chi connectivity index (χ1) is 13.1. The quantitative estimate of drug-likeness (QED) is 0.631. The van der Waals surface area contributed by atoms with Crippen molar-refractivity contribution >= 4 is 23.2 Å². The van der Waals surface area contributed by atoms with Gasteiger partial charge in [0.05, 0.1) is 10.5 Å². The molecule has 1 N–H and O–H groups in total. The first kappa shape index (κ1) is 17.2. The molecule has 1 aliphatic carbocycles. The Kier molecular flexibility index (Phi) is 4.57. The van der Waals surface area contributed by atoms with Crippen molar-refractivity contribution in [1.82, 2.24) is 15.3 Å². The third-order valence-corrected chi connectivity index (χ3v) is 4.79. The summed E-state index contributed by atoms with van der Waals surface area (Å²) in [5.41, 5.74) is 0.587. The molecule has 1 aliphatic heterocycles. The number of nitrogens with one attached hydrogen (secondary N) is 1. The Hall–Kier alpha value is -3.23. The Morgan fingerprint density at radius 1 is 1.11 bits per heavy atom. The summed E-state index contributed by atoms with van der Waals surface area (Å²) in [4.78, 5) is 35.5. The number of piperazine rings is 1. The molecule has 1 saturated heterocycles. The van der Waals surface area contributed by atoms with Crippen LogP contribution in [0.4, 0.5) is 17.3 Å². The summed E-state index contributed by atoms with van der Waals surface area (Å²) in [6, 6.07) is 7.00. The zero-order valence-corrected chi connectivity index (χ0v) is 14.7. The van der Waals surface area contributed by atoms with Crippen LogP contribution in [-0.4, -0.2) is 53.0 Å². The molecule has 0 unspecified atom stereocenters.